The first kappa shape index (κ1) is 18.9. The van der Waals surface area contributed by atoms with Crippen LogP contribution in [-0.2, 0) is 15.1 Å². The molecule has 126 valence electrons. The zero-order valence-electron chi connectivity index (χ0n) is 13.6. The summed E-state index contributed by atoms with van der Waals surface area (Å²) in [5.41, 5.74) is -2.33. The highest BCUT2D eigenvalue weighted by Crippen LogP contribution is 2.34. The van der Waals surface area contributed by atoms with Gasteiger partial charge in [0, 0.05) is 29.8 Å². The molecular weight excluding hydrogens is 324 g/mol. The molecule has 23 heavy (non-hydrogen) atoms. The standard InChI is InChI=1S/C15H19ClN2O5/c1-14(2,3)23-13(20)17(5)15(4,9-19)11-8-10(18(21)22)6-7-12(11)16/h6-9H,1-5H3. The molecule has 0 heterocycles. The maximum Gasteiger partial charge on any atom is 0.411 e. The highest BCUT2D eigenvalue weighted by atomic mass is 35.5. The third-order valence-corrected chi connectivity index (χ3v) is 3.63. The Morgan fingerprint density at radius 2 is 1.91 bits per heavy atom. The number of hydrogen-bond acceptors (Lipinski definition) is 5. The monoisotopic (exact) mass is 342 g/mol. The number of nitrogens with zero attached hydrogens (tertiary/aromatic N) is 2. The third-order valence-electron chi connectivity index (χ3n) is 3.30. The maximum absolute atomic E-state index is 12.2. The molecule has 1 atom stereocenters. The van der Waals surface area contributed by atoms with Gasteiger partial charge in [0.15, 0.2) is 0 Å². The summed E-state index contributed by atoms with van der Waals surface area (Å²) in [7, 11) is 1.37. The minimum atomic E-state index is -1.51. The molecule has 1 amide bonds. The van der Waals surface area contributed by atoms with Crippen LogP contribution in [0.2, 0.25) is 5.02 Å². The van der Waals surface area contributed by atoms with E-state index in [-0.39, 0.29) is 16.3 Å². The summed E-state index contributed by atoms with van der Waals surface area (Å²) in [5.74, 6) is 0. The fourth-order valence-corrected chi connectivity index (χ4v) is 2.17. The number of carbonyl (C=O) groups is 2. The van der Waals surface area contributed by atoms with Crippen LogP contribution < -0.4 is 0 Å². The van der Waals surface area contributed by atoms with E-state index in [0.29, 0.717) is 6.29 Å². The predicted octanol–water partition coefficient (Wildman–Crippen LogP) is 3.53. The lowest BCUT2D eigenvalue weighted by molar-refractivity contribution is -0.385. The van der Waals surface area contributed by atoms with Crippen molar-refractivity contribution in [3.63, 3.8) is 0 Å². The Kier molecular flexibility index (Phi) is 5.37. The van der Waals surface area contributed by atoms with Crippen molar-refractivity contribution < 1.29 is 19.2 Å². The molecule has 0 bridgehead atoms. The molecule has 1 aromatic carbocycles. The average Bonchev–Trinajstić information content (AvgIpc) is 2.44. The van der Waals surface area contributed by atoms with Crippen molar-refractivity contribution in [2.45, 2.75) is 38.8 Å². The van der Waals surface area contributed by atoms with Crippen molar-refractivity contribution >= 4 is 29.7 Å². The molecule has 1 aromatic rings. The Balaban J connectivity index is 3.34. The van der Waals surface area contributed by atoms with E-state index >= 15 is 0 Å². The van der Waals surface area contributed by atoms with Crippen LogP contribution in [0.3, 0.4) is 0 Å². The normalized spacial score (nSPS) is 13.8. The van der Waals surface area contributed by atoms with Gasteiger partial charge in [0.2, 0.25) is 0 Å². The van der Waals surface area contributed by atoms with Crippen LogP contribution in [-0.4, -0.2) is 34.9 Å². The third kappa shape index (κ3) is 4.19. The second-order valence-electron chi connectivity index (χ2n) is 6.23. The second-order valence-corrected chi connectivity index (χ2v) is 6.63. The van der Waals surface area contributed by atoms with E-state index in [9.17, 15) is 19.7 Å². The van der Waals surface area contributed by atoms with Gasteiger partial charge in [0.05, 0.1) is 4.92 Å². The number of nitro benzene ring substituents is 1. The molecule has 0 saturated heterocycles. The largest absolute Gasteiger partial charge is 0.444 e. The molecule has 0 spiro atoms. The van der Waals surface area contributed by atoms with E-state index in [2.05, 4.69) is 0 Å². The highest BCUT2D eigenvalue weighted by Gasteiger charge is 2.39. The molecule has 0 saturated carbocycles. The number of benzene rings is 1. The molecule has 8 heteroatoms. The van der Waals surface area contributed by atoms with Gasteiger partial charge in [-0.3, -0.25) is 15.0 Å². The molecule has 0 aromatic heterocycles. The topological polar surface area (TPSA) is 89.8 Å². The fraction of sp³-hybridized carbons (Fsp3) is 0.467. The maximum atomic E-state index is 12.2. The van der Waals surface area contributed by atoms with Gasteiger partial charge in [-0.2, -0.15) is 0 Å². The number of ether oxygens (including phenoxy) is 1. The summed E-state index contributed by atoms with van der Waals surface area (Å²) in [6.07, 6.45) is -0.239. The highest BCUT2D eigenvalue weighted by molar-refractivity contribution is 6.31. The van der Waals surface area contributed by atoms with E-state index < -0.39 is 22.2 Å². The number of hydrogen-bond donors (Lipinski definition) is 0. The van der Waals surface area contributed by atoms with Crippen molar-refractivity contribution in [2.24, 2.45) is 0 Å². The lowest BCUT2D eigenvalue weighted by Gasteiger charge is -2.36. The minimum Gasteiger partial charge on any atom is -0.444 e. The average molecular weight is 343 g/mol. The molecule has 0 radical (unpaired) electrons. The Morgan fingerprint density at radius 1 is 1.35 bits per heavy atom. The van der Waals surface area contributed by atoms with Crippen LogP contribution in [0.15, 0.2) is 18.2 Å². The lowest BCUT2D eigenvalue weighted by atomic mass is 9.91. The van der Waals surface area contributed by atoms with E-state index in [0.717, 1.165) is 4.90 Å². The van der Waals surface area contributed by atoms with Crippen LogP contribution in [0.25, 0.3) is 0 Å². The summed E-state index contributed by atoms with van der Waals surface area (Å²) >= 11 is 6.09. The zero-order valence-corrected chi connectivity index (χ0v) is 14.4. The Hall–Kier alpha value is -2.15. The molecule has 0 fully saturated rings. The van der Waals surface area contributed by atoms with Gasteiger partial charge in [-0.05, 0) is 33.8 Å². The number of amides is 1. The van der Waals surface area contributed by atoms with E-state index in [1.54, 1.807) is 20.8 Å². The molecular formula is C15H19ClN2O5. The zero-order chi connectivity index (χ0) is 18.0. The van der Waals surface area contributed by atoms with Crippen molar-refractivity contribution in [2.75, 3.05) is 7.05 Å². The minimum absolute atomic E-state index is 0.139. The molecule has 0 aliphatic heterocycles. The first-order valence-electron chi connectivity index (χ1n) is 6.80. The number of rotatable bonds is 4. The SMILES string of the molecule is CN(C(=O)OC(C)(C)C)C(C)(C=O)c1cc([N+](=O)[O-])ccc1Cl. The fourth-order valence-electron chi connectivity index (χ4n) is 1.86. The molecule has 1 unspecified atom stereocenters. The lowest BCUT2D eigenvalue weighted by Crippen LogP contribution is -2.48. The van der Waals surface area contributed by atoms with Gasteiger partial charge < -0.3 is 9.53 Å². The summed E-state index contributed by atoms with van der Waals surface area (Å²) in [6.45, 7) is 6.51. The van der Waals surface area contributed by atoms with Crippen molar-refractivity contribution in [3.8, 4) is 0 Å². The number of nitro groups is 1. The Labute approximate surface area is 139 Å². The van der Waals surface area contributed by atoms with Gasteiger partial charge in [0.1, 0.15) is 17.4 Å². The smallest absolute Gasteiger partial charge is 0.411 e. The molecule has 1 rings (SSSR count). The van der Waals surface area contributed by atoms with E-state index in [1.165, 1.54) is 32.2 Å². The summed E-state index contributed by atoms with van der Waals surface area (Å²) in [4.78, 5) is 35.3. The first-order valence-corrected chi connectivity index (χ1v) is 7.17. The van der Waals surface area contributed by atoms with Crippen LogP contribution in [0.1, 0.15) is 33.3 Å². The summed E-state index contributed by atoms with van der Waals surface area (Å²) in [6, 6.07) is 3.72. The number of likely N-dealkylation sites (N-methyl/N-ethyl adjacent to an activating group) is 1. The molecule has 0 aliphatic carbocycles. The number of carbonyl (C=O) groups excluding carboxylic acids is 2. The van der Waals surface area contributed by atoms with Gasteiger partial charge >= 0.3 is 6.09 Å². The van der Waals surface area contributed by atoms with Crippen LogP contribution >= 0.6 is 11.6 Å². The molecule has 0 N–H and O–H groups in total. The van der Waals surface area contributed by atoms with Gasteiger partial charge in [-0.25, -0.2) is 4.79 Å². The van der Waals surface area contributed by atoms with Gasteiger partial charge in [0.25, 0.3) is 5.69 Å². The molecule has 7 nitrogen and oxygen atoms in total. The quantitative estimate of drug-likeness (QED) is 0.474. The van der Waals surface area contributed by atoms with Crippen molar-refractivity contribution in [3.05, 3.63) is 38.9 Å². The molecule has 0 aliphatic rings. The van der Waals surface area contributed by atoms with Crippen LogP contribution in [0.4, 0.5) is 10.5 Å². The number of halogens is 1. The van der Waals surface area contributed by atoms with Crippen molar-refractivity contribution in [1.82, 2.24) is 4.90 Å². The van der Waals surface area contributed by atoms with Crippen LogP contribution in [0.5, 0.6) is 0 Å². The van der Waals surface area contributed by atoms with Gasteiger partial charge in [-0.1, -0.05) is 11.6 Å². The number of non-ortho nitro benzene ring substituents is 1. The Morgan fingerprint density at radius 3 is 2.35 bits per heavy atom. The Bertz CT molecular complexity index is 641. The van der Waals surface area contributed by atoms with E-state index in [4.69, 9.17) is 16.3 Å². The second kappa shape index (κ2) is 6.54. The van der Waals surface area contributed by atoms with Crippen LogP contribution in [0, 0.1) is 10.1 Å². The van der Waals surface area contributed by atoms with Crippen molar-refractivity contribution in [1.29, 1.82) is 0 Å². The summed E-state index contributed by atoms with van der Waals surface area (Å²) in [5, 5.41) is 11.1. The summed E-state index contributed by atoms with van der Waals surface area (Å²) < 4.78 is 5.24. The number of aldehydes is 1. The van der Waals surface area contributed by atoms with Gasteiger partial charge in [-0.15, -0.1) is 0 Å². The van der Waals surface area contributed by atoms with E-state index in [1.807, 2.05) is 0 Å². The predicted molar refractivity (Wildman–Crippen MR) is 85.5 cm³/mol. The first-order chi connectivity index (χ1) is 10.4.